The Balaban J connectivity index is 1.85. The van der Waals surface area contributed by atoms with Crippen LogP contribution in [0.3, 0.4) is 0 Å². The topological polar surface area (TPSA) is 56.9 Å². The quantitative estimate of drug-likeness (QED) is 0.692. The van der Waals surface area contributed by atoms with Gasteiger partial charge in [0.15, 0.2) is 0 Å². The summed E-state index contributed by atoms with van der Waals surface area (Å²) in [7, 11) is 0. The van der Waals surface area contributed by atoms with E-state index in [1.165, 1.54) is 16.5 Å². The zero-order valence-electron chi connectivity index (χ0n) is 12.9. The number of hydrogen-bond acceptors (Lipinski definition) is 2. The molecular formula is C20H15N3O. The maximum Gasteiger partial charge on any atom is 0.228 e. The molecule has 0 fully saturated rings. The Morgan fingerprint density at radius 1 is 1.08 bits per heavy atom. The van der Waals surface area contributed by atoms with Crippen LogP contribution < -0.4 is 21.2 Å². The number of hydrogen-bond donors (Lipinski definition) is 3. The molecule has 1 aromatic carbocycles. The van der Waals surface area contributed by atoms with Gasteiger partial charge in [0.1, 0.15) is 0 Å². The van der Waals surface area contributed by atoms with Gasteiger partial charge in [0, 0.05) is 16.0 Å². The summed E-state index contributed by atoms with van der Waals surface area (Å²) in [5, 5.41) is 10.3. The van der Waals surface area contributed by atoms with Crippen LogP contribution >= 0.6 is 0 Å². The maximum absolute atomic E-state index is 12.2. The first-order valence-electron chi connectivity index (χ1n) is 8.33. The summed E-state index contributed by atoms with van der Waals surface area (Å²) in [6, 6.07) is 0.180. The second-order valence-corrected chi connectivity index (χ2v) is 6.72. The molecule has 6 rings (SSSR count). The van der Waals surface area contributed by atoms with Crippen molar-refractivity contribution in [2.45, 2.75) is 18.9 Å². The number of fused-ring (bicyclic) bond motifs is 9. The van der Waals surface area contributed by atoms with Crippen molar-refractivity contribution in [2.24, 2.45) is 0 Å². The number of allylic oxidation sites excluding steroid dienone is 4. The summed E-state index contributed by atoms with van der Waals surface area (Å²) in [6.45, 7) is 0. The molecule has 0 radical (unpaired) electrons. The molecule has 4 aliphatic rings. The van der Waals surface area contributed by atoms with Crippen LogP contribution in [0.4, 0.5) is 11.4 Å². The number of benzene rings is 1. The Hall–Kier alpha value is -3.01. The zero-order valence-corrected chi connectivity index (χ0v) is 12.9. The van der Waals surface area contributed by atoms with Crippen molar-refractivity contribution < 1.29 is 4.79 Å². The highest BCUT2D eigenvalue weighted by Crippen LogP contribution is 2.38. The Labute approximate surface area is 137 Å². The molecule has 116 valence electrons. The van der Waals surface area contributed by atoms with Crippen molar-refractivity contribution in [1.82, 2.24) is 4.98 Å². The molecular weight excluding hydrogens is 298 g/mol. The van der Waals surface area contributed by atoms with E-state index in [0.717, 1.165) is 39.4 Å². The zero-order chi connectivity index (χ0) is 15.8. The highest BCUT2D eigenvalue weighted by Gasteiger charge is 2.32. The lowest BCUT2D eigenvalue weighted by molar-refractivity contribution is -0.115. The number of carbonyl (C=O) groups excluding carboxylic acids is 1. The van der Waals surface area contributed by atoms with Gasteiger partial charge in [-0.05, 0) is 29.2 Å². The lowest BCUT2D eigenvalue weighted by atomic mass is 9.96. The van der Waals surface area contributed by atoms with Crippen LogP contribution in [-0.4, -0.2) is 16.9 Å². The standard InChI is InChI=1S/C20H15N3O/c24-15-9-12-16-10-5-1-3-7-13(10)21-19(16)20-17(18(12)23-15)11-6-2-4-8-14(11)22-20/h1-4,6-8,14,21-22H,5,9H2,(H,23,24). The van der Waals surface area contributed by atoms with Gasteiger partial charge in [0.05, 0.1) is 29.4 Å². The smallest absolute Gasteiger partial charge is 0.228 e. The van der Waals surface area contributed by atoms with Gasteiger partial charge in [-0.3, -0.25) is 4.79 Å². The van der Waals surface area contributed by atoms with Gasteiger partial charge in [0.25, 0.3) is 0 Å². The average Bonchev–Trinajstić information content (AvgIpc) is 3.25. The number of nitrogens with one attached hydrogen (secondary N) is 3. The predicted octanol–water partition coefficient (Wildman–Crippen LogP) is 1.63. The molecule has 24 heavy (non-hydrogen) atoms. The Kier molecular flexibility index (Phi) is 2.12. The number of rotatable bonds is 0. The number of carbonyl (C=O) groups is 1. The predicted molar refractivity (Wildman–Crippen MR) is 96.3 cm³/mol. The van der Waals surface area contributed by atoms with E-state index in [-0.39, 0.29) is 11.9 Å². The van der Waals surface area contributed by atoms with Gasteiger partial charge in [-0.25, -0.2) is 0 Å². The molecule has 1 amide bonds. The summed E-state index contributed by atoms with van der Waals surface area (Å²) < 4.78 is 0. The van der Waals surface area contributed by atoms with Gasteiger partial charge in [-0.15, -0.1) is 0 Å². The van der Waals surface area contributed by atoms with Crippen molar-refractivity contribution >= 4 is 39.8 Å². The van der Waals surface area contributed by atoms with Crippen LogP contribution in [0, 0.1) is 0 Å². The summed E-state index contributed by atoms with van der Waals surface area (Å²) in [4.78, 5) is 15.8. The Bertz CT molecular complexity index is 1170. The summed E-state index contributed by atoms with van der Waals surface area (Å²) >= 11 is 0. The first-order valence-corrected chi connectivity index (χ1v) is 8.33. The van der Waals surface area contributed by atoms with E-state index in [0.29, 0.717) is 6.42 Å². The first-order chi connectivity index (χ1) is 11.8. The van der Waals surface area contributed by atoms with Gasteiger partial charge in [-0.1, -0.05) is 36.5 Å². The molecule has 0 saturated carbocycles. The molecule has 4 nitrogen and oxygen atoms in total. The van der Waals surface area contributed by atoms with Gasteiger partial charge in [-0.2, -0.15) is 0 Å². The normalized spacial score (nSPS) is 21.9. The fourth-order valence-corrected chi connectivity index (χ4v) is 4.46. The third-order valence-corrected chi connectivity index (χ3v) is 5.43. The van der Waals surface area contributed by atoms with Crippen molar-refractivity contribution in [3.8, 4) is 0 Å². The van der Waals surface area contributed by atoms with Crippen molar-refractivity contribution in [1.29, 1.82) is 0 Å². The second-order valence-electron chi connectivity index (χ2n) is 6.72. The monoisotopic (exact) mass is 313 g/mol. The largest absolute Gasteiger partial charge is 0.372 e. The SMILES string of the molecule is O=C1Cc2c(c3c(c4[nH]c5c(c24)CC=CC=5)NC2C=CC=CC=32)N1. The molecule has 2 aliphatic heterocycles. The fourth-order valence-electron chi connectivity index (χ4n) is 4.46. The minimum absolute atomic E-state index is 0.0874. The van der Waals surface area contributed by atoms with E-state index in [1.807, 2.05) is 0 Å². The molecule has 2 aromatic rings. The highest BCUT2D eigenvalue weighted by molar-refractivity contribution is 6.12. The summed E-state index contributed by atoms with van der Waals surface area (Å²) in [6.07, 6.45) is 16.2. The van der Waals surface area contributed by atoms with E-state index in [2.05, 4.69) is 58.1 Å². The lowest BCUT2D eigenvalue weighted by Gasteiger charge is -2.12. The van der Waals surface area contributed by atoms with Crippen molar-refractivity contribution in [3.05, 3.63) is 58.2 Å². The number of aromatic amines is 1. The Morgan fingerprint density at radius 3 is 3.00 bits per heavy atom. The van der Waals surface area contributed by atoms with Crippen LogP contribution in [-0.2, 0) is 17.6 Å². The molecule has 3 heterocycles. The van der Waals surface area contributed by atoms with Crippen LogP contribution in [0.5, 0.6) is 0 Å². The van der Waals surface area contributed by atoms with E-state index < -0.39 is 0 Å². The number of anilines is 2. The Morgan fingerprint density at radius 2 is 2.04 bits per heavy atom. The van der Waals surface area contributed by atoms with Crippen molar-refractivity contribution in [2.75, 3.05) is 10.6 Å². The minimum atomic E-state index is 0.0874. The van der Waals surface area contributed by atoms with E-state index >= 15 is 0 Å². The van der Waals surface area contributed by atoms with Crippen molar-refractivity contribution in [3.63, 3.8) is 0 Å². The summed E-state index contributed by atoms with van der Waals surface area (Å²) in [5.41, 5.74) is 6.94. The minimum Gasteiger partial charge on any atom is -0.372 e. The first kappa shape index (κ1) is 12.4. The second kappa shape index (κ2) is 4.09. The number of aromatic nitrogens is 1. The molecule has 4 heteroatoms. The molecule has 3 N–H and O–H groups in total. The third-order valence-electron chi connectivity index (χ3n) is 5.43. The number of H-pyrrole nitrogens is 1. The molecule has 1 atom stereocenters. The molecule has 0 spiro atoms. The number of amides is 1. The van der Waals surface area contributed by atoms with Crippen LogP contribution in [0.25, 0.3) is 22.6 Å². The molecule has 0 saturated heterocycles. The van der Waals surface area contributed by atoms with Crippen LogP contribution in [0.1, 0.15) is 11.1 Å². The molecule has 0 bridgehead atoms. The van der Waals surface area contributed by atoms with E-state index in [1.54, 1.807) is 0 Å². The van der Waals surface area contributed by atoms with Gasteiger partial charge in [0.2, 0.25) is 5.91 Å². The maximum atomic E-state index is 12.2. The fraction of sp³-hybridized carbons (Fsp3) is 0.150. The van der Waals surface area contributed by atoms with Crippen LogP contribution in [0.15, 0.2) is 36.5 Å². The summed E-state index contributed by atoms with van der Waals surface area (Å²) in [5.74, 6) is 0.0874. The molecule has 2 aliphatic carbocycles. The molecule has 1 unspecified atom stereocenters. The van der Waals surface area contributed by atoms with Gasteiger partial charge < -0.3 is 15.6 Å². The van der Waals surface area contributed by atoms with E-state index in [4.69, 9.17) is 0 Å². The van der Waals surface area contributed by atoms with Crippen LogP contribution in [0.2, 0.25) is 0 Å². The van der Waals surface area contributed by atoms with Gasteiger partial charge >= 0.3 is 0 Å². The average molecular weight is 313 g/mol. The third kappa shape index (κ3) is 1.37. The highest BCUT2D eigenvalue weighted by atomic mass is 16.1. The molecule has 1 aromatic heterocycles. The van der Waals surface area contributed by atoms with E-state index in [9.17, 15) is 4.79 Å². The lowest BCUT2D eigenvalue weighted by Crippen LogP contribution is -2.15.